The number of rotatable bonds is 7. The summed E-state index contributed by atoms with van der Waals surface area (Å²) in [7, 11) is 9.97. The lowest BCUT2D eigenvalue weighted by molar-refractivity contribution is 0.297. The van der Waals surface area contributed by atoms with Crippen LogP contribution in [0.25, 0.3) is 0 Å². The number of aliphatic imine (C=N–C) groups is 1. The van der Waals surface area contributed by atoms with Crippen molar-refractivity contribution in [2.24, 2.45) is 4.99 Å². The predicted molar refractivity (Wildman–Crippen MR) is 92.2 cm³/mol. The van der Waals surface area contributed by atoms with Crippen LogP contribution >= 0.6 is 21.6 Å². The monoisotopic (exact) mass is 316 g/mol. The highest BCUT2D eigenvalue weighted by Crippen LogP contribution is 2.38. The molecule has 6 heteroatoms. The van der Waals surface area contributed by atoms with Gasteiger partial charge >= 0.3 is 0 Å². The van der Waals surface area contributed by atoms with E-state index < -0.39 is 0 Å². The first-order valence-electron chi connectivity index (χ1n) is 7.68. The van der Waals surface area contributed by atoms with E-state index in [4.69, 9.17) is 4.99 Å². The van der Waals surface area contributed by atoms with E-state index in [0.29, 0.717) is 5.50 Å². The second-order valence-corrected chi connectivity index (χ2v) is 8.13. The van der Waals surface area contributed by atoms with Crippen molar-refractivity contribution in [1.82, 2.24) is 14.7 Å². The predicted octanol–water partition coefficient (Wildman–Crippen LogP) is 2.78. The largest absolute Gasteiger partial charge is 0.357 e. The van der Waals surface area contributed by atoms with Crippen LogP contribution in [0.2, 0.25) is 0 Å². The molecule has 0 N–H and O–H groups in total. The standard InChI is InChI=1S/C14H28N4S2/c1-16(2)13-15-14(20-19-13)17(3)9-5-4-6-10-18-11-7-8-12-18/h14H,4-12H2,1-3H3. The lowest BCUT2D eigenvalue weighted by Gasteiger charge is -2.20. The molecule has 1 atom stereocenters. The number of likely N-dealkylation sites (tertiary alicyclic amines) is 1. The van der Waals surface area contributed by atoms with E-state index in [9.17, 15) is 0 Å². The number of unbranched alkanes of at least 4 members (excludes halogenated alkanes) is 2. The van der Waals surface area contributed by atoms with E-state index in [1.165, 1.54) is 51.7 Å². The SMILES string of the molecule is CN(C)C1=NC(N(C)CCCCCN2CCCC2)SS1. The molecule has 0 bridgehead atoms. The second kappa shape index (κ2) is 8.51. The summed E-state index contributed by atoms with van der Waals surface area (Å²) >= 11 is 0. The Hall–Kier alpha value is 0.0900. The highest BCUT2D eigenvalue weighted by atomic mass is 33.1. The molecule has 0 aromatic rings. The normalized spacial score (nSPS) is 23.6. The van der Waals surface area contributed by atoms with Gasteiger partial charge in [0.05, 0.1) is 0 Å². The smallest absolute Gasteiger partial charge is 0.172 e. The van der Waals surface area contributed by atoms with Gasteiger partial charge in [-0.3, -0.25) is 4.90 Å². The Balaban J connectivity index is 1.55. The molecule has 0 aliphatic carbocycles. The summed E-state index contributed by atoms with van der Waals surface area (Å²) < 4.78 is 0. The van der Waals surface area contributed by atoms with Crippen LogP contribution in [0.4, 0.5) is 0 Å². The van der Waals surface area contributed by atoms with Crippen LogP contribution < -0.4 is 0 Å². The summed E-state index contributed by atoms with van der Waals surface area (Å²) in [5, 5.41) is 1.14. The van der Waals surface area contributed by atoms with Gasteiger partial charge in [0.1, 0.15) is 0 Å². The van der Waals surface area contributed by atoms with Crippen molar-refractivity contribution in [1.29, 1.82) is 0 Å². The average molecular weight is 317 g/mol. The fourth-order valence-electron chi connectivity index (χ4n) is 2.58. The maximum Gasteiger partial charge on any atom is 0.172 e. The third-order valence-electron chi connectivity index (χ3n) is 3.87. The number of hydrogen-bond donors (Lipinski definition) is 0. The summed E-state index contributed by atoms with van der Waals surface area (Å²) in [6, 6.07) is 0. The van der Waals surface area contributed by atoms with Crippen molar-refractivity contribution >= 4 is 26.8 Å². The molecule has 0 amide bonds. The van der Waals surface area contributed by atoms with Gasteiger partial charge in [-0.25, -0.2) is 4.99 Å². The lowest BCUT2D eigenvalue weighted by atomic mass is 10.2. The summed E-state index contributed by atoms with van der Waals surface area (Å²) in [6.45, 7) is 5.12. The van der Waals surface area contributed by atoms with Gasteiger partial charge in [-0.05, 0) is 74.0 Å². The van der Waals surface area contributed by atoms with Gasteiger partial charge in [0.15, 0.2) is 10.7 Å². The van der Waals surface area contributed by atoms with Crippen LogP contribution in [0.3, 0.4) is 0 Å². The van der Waals surface area contributed by atoms with E-state index in [1.807, 2.05) is 10.8 Å². The van der Waals surface area contributed by atoms with Crippen molar-refractivity contribution < 1.29 is 0 Å². The molecular formula is C14H28N4S2. The number of hydrogen-bond acceptors (Lipinski definition) is 6. The van der Waals surface area contributed by atoms with Crippen LogP contribution in [0, 0.1) is 0 Å². The zero-order chi connectivity index (χ0) is 14.4. The summed E-state index contributed by atoms with van der Waals surface area (Å²) in [6.07, 6.45) is 6.80. The molecule has 2 aliphatic heterocycles. The maximum absolute atomic E-state index is 4.74. The van der Waals surface area contributed by atoms with Crippen molar-refractivity contribution in [3.05, 3.63) is 0 Å². The van der Waals surface area contributed by atoms with Gasteiger partial charge in [0, 0.05) is 20.6 Å². The minimum absolute atomic E-state index is 0.302. The van der Waals surface area contributed by atoms with E-state index in [1.54, 1.807) is 10.8 Å². The lowest BCUT2D eigenvalue weighted by Crippen LogP contribution is -2.28. The van der Waals surface area contributed by atoms with Crippen molar-refractivity contribution in [3.63, 3.8) is 0 Å². The summed E-state index contributed by atoms with van der Waals surface area (Å²) in [4.78, 5) is 11.8. The van der Waals surface area contributed by atoms with Crippen molar-refractivity contribution in [2.45, 2.75) is 37.6 Å². The fourth-order valence-corrected chi connectivity index (χ4v) is 5.16. The first-order valence-corrected chi connectivity index (χ1v) is 9.89. The first kappa shape index (κ1) is 16.5. The molecule has 20 heavy (non-hydrogen) atoms. The fraction of sp³-hybridized carbons (Fsp3) is 0.929. The molecule has 0 saturated carbocycles. The van der Waals surface area contributed by atoms with Crippen LogP contribution in [-0.2, 0) is 0 Å². The molecule has 116 valence electrons. The molecule has 2 rings (SSSR count). The van der Waals surface area contributed by atoms with Gasteiger partial charge in [-0.2, -0.15) is 0 Å². The third kappa shape index (κ3) is 5.13. The van der Waals surface area contributed by atoms with Crippen LogP contribution in [0.15, 0.2) is 4.99 Å². The molecule has 2 heterocycles. The molecule has 0 radical (unpaired) electrons. The molecule has 1 unspecified atom stereocenters. The number of amidine groups is 1. The van der Waals surface area contributed by atoms with Crippen LogP contribution in [-0.4, -0.2) is 72.7 Å². The van der Waals surface area contributed by atoms with Crippen LogP contribution in [0.5, 0.6) is 0 Å². The Kier molecular flexibility index (Phi) is 7.01. The minimum Gasteiger partial charge on any atom is -0.357 e. The Morgan fingerprint density at radius 1 is 1.15 bits per heavy atom. The van der Waals surface area contributed by atoms with Crippen molar-refractivity contribution in [2.75, 3.05) is 47.3 Å². The Morgan fingerprint density at radius 3 is 2.55 bits per heavy atom. The quantitative estimate of drug-likeness (QED) is 0.530. The van der Waals surface area contributed by atoms with E-state index in [0.717, 1.165) is 11.7 Å². The second-order valence-electron chi connectivity index (χ2n) is 5.90. The molecule has 1 saturated heterocycles. The molecule has 2 aliphatic rings. The molecule has 0 spiro atoms. The Bertz CT molecular complexity index is 316. The highest BCUT2D eigenvalue weighted by molar-refractivity contribution is 8.82. The minimum atomic E-state index is 0.302. The van der Waals surface area contributed by atoms with Crippen molar-refractivity contribution in [3.8, 4) is 0 Å². The molecular weight excluding hydrogens is 288 g/mol. The zero-order valence-electron chi connectivity index (χ0n) is 13.0. The first-order chi connectivity index (χ1) is 9.66. The third-order valence-corrected chi connectivity index (χ3v) is 6.48. The Morgan fingerprint density at radius 2 is 1.90 bits per heavy atom. The van der Waals surface area contributed by atoms with E-state index >= 15 is 0 Å². The Labute approximate surface area is 131 Å². The van der Waals surface area contributed by atoms with E-state index in [2.05, 4.69) is 35.8 Å². The highest BCUT2D eigenvalue weighted by Gasteiger charge is 2.23. The van der Waals surface area contributed by atoms with Gasteiger partial charge in [0.25, 0.3) is 0 Å². The van der Waals surface area contributed by atoms with Gasteiger partial charge in [-0.1, -0.05) is 6.42 Å². The summed E-state index contributed by atoms with van der Waals surface area (Å²) in [5.41, 5.74) is 0.302. The molecule has 1 fully saturated rings. The topological polar surface area (TPSA) is 22.1 Å². The van der Waals surface area contributed by atoms with Gasteiger partial charge in [-0.15, -0.1) is 0 Å². The van der Waals surface area contributed by atoms with E-state index in [-0.39, 0.29) is 0 Å². The zero-order valence-corrected chi connectivity index (χ0v) is 14.7. The molecule has 4 nitrogen and oxygen atoms in total. The molecule has 0 aromatic carbocycles. The van der Waals surface area contributed by atoms with Crippen LogP contribution in [0.1, 0.15) is 32.1 Å². The number of nitrogens with zero attached hydrogens (tertiary/aromatic N) is 4. The maximum atomic E-state index is 4.74. The van der Waals surface area contributed by atoms with Gasteiger partial charge in [0.2, 0.25) is 0 Å². The average Bonchev–Trinajstić information content (AvgIpc) is 3.09. The summed E-state index contributed by atoms with van der Waals surface area (Å²) in [5.74, 6) is 0. The van der Waals surface area contributed by atoms with Gasteiger partial charge < -0.3 is 9.80 Å². The molecule has 0 aromatic heterocycles.